The second-order valence-electron chi connectivity index (χ2n) is 6.69. The SMILES string of the molecule is Cc1ccc(C(=NN2C(C)CCCC2C)c2ccccc2)cc1. The van der Waals surface area contributed by atoms with Gasteiger partial charge in [-0.3, -0.25) is 5.01 Å². The molecule has 2 atom stereocenters. The summed E-state index contributed by atoms with van der Waals surface area (Å²) in [6, 6.07) is 20.2. The lowest BCUT2D eigenvalue weighted by molar-refractivity contribution is 0.109. The number of hydrazone groups is 1. The van der Waals surface area contributed by atoms with Crippen molar-refractivity contribution in [1.82, 2.24) is 5.01 Å². The quantitative estimate of drug-likeness (QED) is 0.728. The van der Waals surface area contributed by atoms with Crippen molar-refractivity contribution < 1.29 is 0 Å². The number of aryl methyl sites for hydroxylation is 1. The monoisotopic (exact) mass is 306 g/mol. The van der Waals surface area contributed by atoms with Crippen LogP contribution in [-0.2, 0) is 0 Å². The van der Waals surface area contributed by atoms with Gasteiger partial charge in [-0.1, -0.05) is 60.2 Å². The van der Waals surface area contributed by atoms with Crippen LogP contribution in [0.1, 0.15) is 49.8 Å². The minimum atomic E-state index is 0.503. The average molecular weight is 306 g/mol. The maximum atomic E-state index is 5.12. The highest BCUT2D eigenvalue weighted by Gasteiger charge is 2.24. The molecule has 0 aromatic heterocycles. The molecule has 0 amide bonds. The van der Waals surface area contributed by atoms with Gasteiger partial charge in [0.15, 0.2) is 0 Å². The summed E-state index contributed by atoms with van der Waals surface area (Å²) in [6.45, 7) is 6.70. The van der Waals surface area contributed by atoms with E-state index in [1.807, 2.05) is 0 Å². The standard InChI is InChI=1S/C21H26N2/c1-16-12-14-20(15-13-16)21(19-10-5-4-6-11-19)22-23-17(2)8-7-9-18(23)3/h4-6,10-15,17-18H,7-9H2,1-3H3. The van der Waals surface area contributed by atoms with Crippen LogP contribution < -0.4 is 0 Å². The molecule has 1 heterocycles. The first-order valence-electron chi connectivity index (χ1n) is 8.64. The summed E-state index contributed by atoms with van der Waals surface area (Å²) in [5.74, 6) is 0. The van der Waals surface area contributed by atoms with Crippen molar-refractivity contribution in [3.63, 3.8) is 0 Å². The molecule has 120 valence electrons. The number of benzene rings is 2. The molecule has 0 spiro atoms. The minimum Gasteiger partial charge on any atom is -0.291 e. The molecule has 1 saturated heterocycles. The first-order valence-corrected chi connectivity index (χ1v) is 8.64. The van der Waals surface area contributed by atoms with Crippen molar-refractivity contribution in [3.8, 4) is 0 Å². The van der Waals surface area contributed by atoms with Crippen LogP contribution in [0.5, 0.6) is 0 Å². The third-order valence-electron chi connectivity index (χ3n) is 4.73. The van der Waals surface area contributed by atoms with E-state index in [0.29, 0.717) is 12.1 Å². The molecule has 0 bridgehead atoms. The van der Waals surface area contributed by atoms with E-state index in [-0.39, 0.29) is 0 Å². The Balaban J connectivity index is 2.04. The van der Waals surface area contributed by atoms with Gasteiger partial charge in [0.25, 0.3) is 0 Å². The van der Waals surface area contributed by atoms with Gasteiger partial charge in [0.05, 0.1) is 5.71 Å². The van der Waals surface area contributed by atoms with Gasteiger partial charge in [0.2, 0.25) is 0 Å². The molecule has 0 radical (unpaired) electrons. The van der Waals surface area contributed by atoms with Gasteiger partial charge in [0.1, 0.15) is 0 Å². The molecule has 0 N–H and O–H groups in total. The first kappa shape index (κ1) is 15.8. The fraction of sp³-hybridized carbons (Fsp3) is 0.381. The van der Waals surface area contributed by atoms with Crippen LogP contribution in [0, 0.1) is 6.92 Å². The minimum absolute atomic E-state index is 0.503. The molecule has 2 unspecified atom stereocenters. The summed E-state index contributed by atoms with van der Waals surface area (Å²) in [5, 5.41) is 7.43. The molecule has 2 nitrogen and oxygen atoms in total. The molecule has 2 aromatic rings. The summed E-state index contributed by atoms with van der Waals surface area (Å²) < 4.78 is 0. The largest absolute Gasteiger partial charge is 0.291 e. The first-order chi connectivity index (χ1) is 11.1. The fourth-order valence-electron chi connectivity index (χ4n) is 3.31. The summed E-state index contributed by atoms with van der Waals surface area (Å²) in [4.78, 5) is 0. The van der Waals surface area contributed by atoms with E-state index in [4.69, 9.17) is 5.10 Å². The molecule has 1 aliphatic rings. The van der Waals surface area contributed by atoms with Crippen molar-refractivity contribution in [1.29, 1.82) is 0 Å². The van der Waals surface area contributed by atoms with Crippen LogP contribution in [0.3, 0.4) is 0 Å². The zero-order valence-corrected chi connectivity index (χ0v) is 14.4. The van der Waals surface area contributed by atoms with Gasteiger partial charge in [-0.25, -0.2) is 0 Å². The maximum absolute atomic E-state index is 5.12. The zero-order chi connectivity index (χ0) is 16.2. The van der Waals surface area contributed by atoms with Gasteiger partial charge in [-0.05, 0) is 40.0 Å². The van der Waals surface area contributed by atoms with Gasteiger partial charge in [-0.15, -0.1) is 0 Å². The van der Waals surface area contributed by atoms with E-state index < -0.39 is 0 Å². The Labute approximate surface area is 139 Å². The zero-order valence-electron chi connectivity index (χ0n) is 14.4. The molecule has 23 heavy (non-hydrogen) atoms. The second-order valence-corrected chi connectivity index (χ2v) is 6.69. The van der Waals surface area contributed by atoms with E-state index in [2.05, 4.69) is 80.4 Å². The highest BCUT2D eigenvalue weighted by molar-refractivity contribution is 6.12. The van der Waals surface area contributed by atoms with E-state index in [9.17, 15) is 0 Å². The van der Waals surface area contributed by atoms with Crippen molar-refractivity contribution in [2.45, 2.75) is 52.1 Å². The van der Waals surface area contributed by atoms with E-state index >= 15 is 0 Å². The molecular formula is C21H26N2. The van der Waals surface area contributed by atoms with Crippen molar-refractivity contribution in [3.05, 3.63) is 71.3 Å². The number of hydrogen-bond acceptors (Lipinski definition) is 2. The number of piperidine rings is 1. The highest BCUT2D eigenvalue weighted by atomic mass is 15.5. The lowest BCUT2D eigenvalue weighted by atomic mass is 9.99. The number of rotatable bonds is 3. The lowest BCUT2D eigenvalue weighted by Gasteiger charge is -2.37. The second kappa shape index (κ2) is 6.99. The third kappa shape index (κ3) is 3.64. The molecule has 1 aliphatic heterocycles. The van der Waals surface area contributed by atoms with E-state index in [0.717, 1.165) is 5.71 Å². The highest BCUT2D eigenvalue weighted by Crippen LogP contribution is 2.24. The lowest BCUT2D eigenvalue weighted by Crippen LogP contribution is -2.40. The third-order valence-corrected chi connectivity index (χ3v) is 4.73. The molecule has 0 saturated carbocycles. The van der Waals surface area contributed by atoms with Crippen LogP contribution in [0.2, 0.25) is 0 Å². The fourth-order valence-corrected chi connectivity index (χ4v) is 3.31. The normalized spacial score (nSPS) is 22.2. The smallest absolute Gasteiger partial charge is 0.0976 e. The average Bonchev–Trinajstić information content (AvgIpc) is 2.57. The van der Waals surface area contributed by atoms with Crippen LogP contribution in [0.15, 0.2) is 59.7 Å². The van der Waals surface area contributed by atoms with Gasteiger partial charge in [-0.2, -0.15) is 5.10 Å². The number of hydrogen-bond donors (Lipinski definition) is 0. The predicted octanol–water partition coefficient (Wildman–Crippen LogP) is 5.01. The van der Waals surface area contributed by atoms with Crippen molar-refractivity contribution in [2.24, 2.45) is 5.10 Å². The Morgan fingerprint density at radius 1 is 0.870 bits per heavy atom. The Morgan fingerprint density at radius 3 is 2.04 bits per heavy atom. The molecule has 0 aliphatic carbocycles. The molecule has 3 rings (SSSR count). The van der Waals surface area contributed by atoms with Gasteiger partial charge in [0, 0.05) is 23.2 Å². The molecule has 1 fully saturated rings. The summed E-state index contributed by atoms with van der Waals surface area (Å²) in [6.07, 6.45) is 3.76. The van der Waals surface area contributed by atoms with Crippen molar-refractivity contribution in [2.75, 3.05) is 0 Å². The van der Waals surface area contributed by atoms with Crippen LogP contribution >= 0.6 is 0 Å². The topological polar surface area (TPSA) is 15.6 Å². The molecule has 2 aromatic carbocycles. The van der Waals surface area contributed by atoms with Crippen LogP contribution in [0.25, 0.3) is 0 Å². The van der Waals surface area contributed by atoms with Gasteiger partial charge >= 0.3 is 0 Å². The Bertz CT molecular complexity index is 648. The Kier molecular flexibility index (Phi) is 4.80. The molecule has 2 heteroatoms. The number of nitrogens with zero attached hydrogens (tertiary/aromatic N) is 2. The Morgan fingerprint density at radius 2 is 1.43 bits per heavy atom. The van der Waals surface area contributed by atoms with Crippen LogP contribution in [-0.4, -0.2) is 22.8 Å². The van der Waals surface area contributed by atoms with E-state index in [1.54, 1.807) is 0 Å². The summed E-state index contributed by atoms with van der Waals surface area (Å²) in [5.41, 5.74) is 4.72. The van der Waals surface area contributed by atoms with E-state index in [1.165, 1.54) is 36.0 Å². The summed E-state index contributed by atoms with van der Waals surface area (Å²) >= 11 is 0. The Hall–Kier alpha value is -2.09. The van der Waals surface area contributed by atoms with Crippen LogP contribution in [0.4, 0.5) is 0 Å². The summed E-state index contributed by atoms with van der Waals surface area (Å²) in [7, 11) is 0. The van der Waals surface area contributed by atoms with Gasteiger partial charge < -0.3 is 0 Å². The maximum Gasteiger partial charge on any atom is 0.0976 e. The predicted molar refractivity (Wildman–Crippen MR) is 97.9 cm³/mol. The van der Waals surface area contributed by atoms with Crippen molar-refractivity contribution >= 4 is 5.71 Å². The molecular weight excluding hydrogens is 280 g/mol.